The molecule has 0 aromatic heterocycles. The Hall–Kier alpha value is -0.800. The first kappa shape index (κ1) is 13.6. The molecule has 0 amide bonds. The SMILES string of the molecule is CCCC[C@@H]1C[C@@H](O)[C@@H](C(=O)c2ccccc2)S1. The molecular weight excluding hydrogens is 244 g/mol. The fraction of sp³-hybridized carbons (Fsp3) is 0.533. The summed E-state index contributed by atoms with van der Waals surface area (Å²) in [6, 6.07) is 9.30. The van der Waals surface area contributed by atoms with E-state index in [0.29, 0.717) is 10.8 Å². The number of carbonyl (C=O) groups is 1. The van der Waals surface area contributed by atoms with Gasteiger partial charge in [0.2, 0.25) is 0 Å². The van der Waals surface area contributed by atoms with E-state index in [1.54, 1.807) is 11.8 Å². The normalized spacial score (nSPS) is 27.3. The molecule has 18 heavy (non-hydrogen) atoms. The quantitative estimate of drug-likeness (QED) is 0.829. The van der Waals surface area contributed by atoms with E-state index >= 15 is 0 Å². The number of hydrogen-bond acceptors (Lipinski definition) is 3. The van der Waals surface area contributed by atoms with Crippen LogP contribution in [0.4, 0.5) is 0 Å². The summed E-state index contributed by atoms with van der Waals surface area (Å²) in [7, 11) is 0. The number of Topliss-reactive ketones (excluding diaryl/α,β-unsaturated/α-hetero) is 1. The number of unbranched alkanes of at least 4 members (excludes halogenated alkanes) is 1. The van der Waals surface area contributed by atoms with Crippen molar-refractivity contribution in [3.8, 4) is 0 Å². The van der Waals surface area contributed by atoms with Gasteiger partial charge in [0.15, 0.2) is 5.78 Å². The third-order valence-electron chi connectivity index (χ3n) is 3.39. The van der Waals surface area contributed by atoms with Crippen LogP contribution in [0.25, 0.3) is 0 Å². The van der Waals surface area contributed by atoms with E-state index in [9.17, 15) is 9.90 Å². The molecule has 1 fully saturated rings. The maximum atomic E-state index is 12.3. The van der Waals surface area contributed by atoms with Crippen molar-refractivity contribution in [3.05, 3.63) is 35.9 Å². The summed E-state index contributed by atoms with van der Waals surface area (Å²) < 4.78 is 0. The highest BCUT2D eigenvalue weighted by Gasteiger charge is 2.38. The van der Waals surface area contributed by atoms with E-state index in [2.05, 4.69) is 6.92 Å². The molecule has 0 spiro atoms. The number of aliphatic hydroxyl groups is 1. The molecule has 0 unspecified atom stereocenters. The lowest BCUT2D eigenvalue weighted by Gasteiger charge is -2.12. The molecule has 98 valence electrons. The Morgan fingerprint density at radius 1 is 1.39 bits per heavy atom. The van der Waals surface area contributed by atoms with E-state index in [4.69, 9.17) is 0 Å². The standard InChI is InChI=1S/C15H20O2S/c1-2-3-9-12-10-13(16)15(18-12)14(17)11-7-5-4-6-8-11/h4-8,12-13,15-16H,2-3,9-10H2,1H3/t12-,13-,15+/m1/s1. The largest absolute Gasteiger partial charge is 0.391 e. The van der Waals surface area contributed by atoms with Gasteiger partial charge in [-0.05, 0) is 12.8 Å². The molecule has 2 rings (SSSR count). The highest BCUT2D eigenvalue weighted by molar-refractivity contribution is 8.01. The lowest BCUT2D eigenvalue weighted by Crippen LogP contribution is -2.26. The number of thioether (sulfide) groups is 1. The molecule has 1 aromatic carbocycles. The van der Waals surface area contributed by atoms with Crippen molar-refractivity contribution in [2.75, 3.05) is 0 Å². The van der Waals surface area contributed by atoms with Crippen molar-refractivity contribution < 1.29 is 9.90 Å². The van der Waals surface area contributed by atoms with Crippen LogP contribution >= 0.6 is 11.8 Å². The Morgan fingerprint density at radius 3 is 2.78 bits per heavy atom. The smallest absolute Gasteiger partial charge is 0.178 e. The first-order chi connectivity index (χ1) is 8.72. The van der Waals surface area contributed by atoms with E-state index in [-0.39, 0.29) is 11.0 Å². The van der Waals surface area contributed by atoms with Crippen LogP contribution in [0.3, 0.4) is 0 Å². The van der Waals surface area contributed by atoms with Gasteiger partial charge in [-0.2, -0.15) is 0 Å². The zero-order chi connectivity index (χ0) is 13.0. The second kappa shape index (κ2) is 6.39. The van der Waals surface area contributed by atoms with Crippen molar-refractivity contribution in [1.82, 2.24) is 0 Å². The van der Waals surface area contributed by atoms with Gasteiger partial charge in [0, 0.05) is 10.8 Å². The number of hydrogen-bond donors (Lipinski definition) is 1. The Bertz CT molecular complexity index is 391. The summed E-state index contributed by atoms with van der Waals surface area (Å²) >= 11 is 1.66. The number of rotatable bonds is 5. The number of aliphatic hydroxyl groups excluding tert-OH is 1. The highest BCUT2D eigenvalue weighted by Crippen LogP contribution is 2.38. The molecule has 1 aliphatic rings. The topological polar surface area (TPSA) is 37.3 Å². The molecular formula is C15H20O2S. The zero-order valence-electron chi connectivity index (χ0n) is 10.7. The molecule has 1 saturated heterocycles. The number of benzene rings is 1. The first-order valence-electron chi connectivity index (χ1n) is 6.65. The van der Waals surface area contributed by atoms with E-state index < -0.39 is 6.10 Å². The van der Waals surface area contributed by atoms with Crippen LogP contribution in [0.2, 0.25) is 0 Å². The van der Waals surface area contributed by atoms with Gasteiger partial charge in [0.25, 0.3) is 0 Å². The number of carbonyl (C=O) groups excluding carboxylic acids is 1. The lowest BCUT2D eigenvalue weighted by molar-refractivity contribution is 0.0902. The minimum Gasteiger partial charge on any atom is -0.391 e. The van der Waals surface area contributed by atoms with Gasteiger partial charge in [-0.3, -0.25) is 4.79 Å². The molecule has 1 aliphatic heterocycles. The van der Waals surface area contributed by atoms with Crippen LogP contribution < -0.4 is 0 Å². The minimum atomic E-state index is -0.482. The van der Waals surface area contributed by atoms with Gasteiger partial charge >= 0.3 is 0 Å². The van der Waals surface area contributed by atoms with Crippen LogP contribution in [0, 0.1) is 0 Å². The summed E-state index contributed by atoms with van der Waals surface area (Å²) in [6.07, 6.45) is 3.73. The van der Waals surface area contributed by atoms with E-state index in [1.165, 1.54) is 12.8 Å². The molecule has 1 heterocycles. The van der Waals surface area contributed by atoms with Crippen molar-refractivity contribution in [3.63, 3.8) is 0 Å². The average molecular weight is 264 g/mol. The summed E-state index contributed by atoms with van der Waals surface area (Å²) in [4.78, 5) is 12.3. The molecule has 2 nitrogen and oxygen atoms in total. The summed E-state index contributed by atoms with van der Waals surface area (Å²) in [6.45, 7) is 2.17. The fourth-order valence-electron chi connectivity index (χ4n) is 2.37. The first-order valence-corrected chi connectivity index (χ1v) is 7.59. The summed E-state index contributed by atoms with van der Waals surface area (Å²) in [5.74, 6) is 0.0760. The van der Waals surface area contributed by atoms with Gasteiger partial charge in [-0.1, -0.05) is 50.1 Å². The third-order valence-corrected chi connectivity index (χ3v) is 5.02. The molecule has 0 radical (unpaired) electrons. The molecule has 0 saturated carbocycles. The van der Waals surface area contributed by atoms with Crippen LogP contribution in [0.15, 0.2) is 30.3 Å². The summed E-state index contributed by atoms with van der Waals surface area (Å²) in [5, 5.41) is 10.2. The minimum absolute atomic E-state index is 0.0760. The predicted molar refractivity (Wildman–Crippen MR) is 76.1 cm³/mol. The highest BCUT2D eigenvalue weighted by atomic mass is 32.2. The van der Waals surface area contributed by atoms with E-state index in [0.717, 1.165) is 12.8 Å². The second-order valence-corrected chi connectivity index (χ2v) is 6.30. The van der Waals surface area contributed by atoms with Gasteiger partial charge in [0.1, 0.15) is 0 Å². The molecule has 0 bridgehead atoms. The Balaban J connectivity index is 1.99. The zero-order valence-corrected chi connectivity index (χ0v) is 11.5. The average Bonchev–Trinajstić information content (AvgIpc) is 2.78. The number of ketones is 1. The van der Waals surface area contributed by atoms with Crippen molar-refractivity contribution >= 4 is 17.5 Å². The molecule has 1 aromatic rings. The molecule has 1 N–H and O–H groups in total. The molecule has 0 aliphatic carbocycles. The maximum Gasteiger partial charge on any atom is 0.178 e. The van der Waals surface area contributed by atoms with Crippen LogP contribution in [-0.4, -0.2) is 27.5 Å². The lowest BCUT2D eigenvalue weighted by atomic mass is 10.0. The maximum absolute atomic E-state index is 12.3. The van der Waals surface area contributed by atoms with Crippen LogP contribution in [0.1, 0.15) is 43.0 Å². The van der Waals surface area contributed by atoms with Gasteiger partial charge < -0.3 is 5.11 Å². The molecule has 3 heteroatoms. The monoisotopic (exact) mass is 264 g/mol. The van der Waals surface area contributed by atoms with Gasteiger partial charge in [-0.15, -0.1) is 11.8 Å². The summed E-state index contributed by atoms with van der Waals surface area (Å²) in [5.41, 5.74) is 0.713. The predicted octanol–water partition coefficient (Wildman–Crippen LogP) is 3.29. The molecule has 3 atom stereocenters. The van der Waals surface area contributed by atoms with Crippen LogP contribution in [0.5, 0.6) is 0 Å². The van der Waals surface area contributed by atoms with E-state index in [1.807, 2.05) is 30.3 Å². The van der Waals surface area contributed by atoms with Crippen LogP contribution in [-0.2, 0) is 0 Å². The Labute approximate surface area is 113 Å². The van der Waals surface area contributed by atoms with Crippen molar-refractivity contribution in [2.45, 2.75) is 49.2 Å². The Morgan fingerprint density at radius 2 is 2.11 bits per heavy atom. The fourth-order valence-corrected chi connectivity index (χ4v) is 3.95. The van der Waals surface area contributed by atoms with Crippen molar-refractivity contribution in [1.29, 1.82) is 0 Å². The van der Waals surface area contributed by atoms with Gasteiger partial charge in [0.05, 0.1) is 11.4 Å². The van der Waals surface area contributed by atoms with Crippen molar-refractivity contribution in [2.24, 2.45) is 0 Å². The third kappa shape index (κ3) is 3.15. The van der Waals surface area contributed by atoms with Gasteiger partial charge in [-0.25, -0.2) is 0 Å². The second-order valence-electron chi connectivity index (χ2n) is 4.85. The Kier molecular flexibility index (Phi) is 4.84.